The smallest absolute Gasteiger partial charge is 0.234 e. The summed E-state index contributed by atoms with van der Waals surface area (Å²) in [7, 11) is 1.54. The molecule has 2 aromatic carbocycles. The Kier molecular flexibility index (Phi) is 7.21. The van der Waals surface area contributed by atoms with Crippen molar-refractivity contribution in [2.24, 2.45) is 0 Å². The molecule has 0 fully saturated rings. The molecule has 2 aromatic heterocycles. The average Bonchev–Trinajstić information content (AvgIpc) is 3.48. The Hall–Kier alpha value is -3.43. The highest BCUT2D eigenvalue weighted by Gasteiger charge is 2.19. The van der Waals surface area contributed by atoms with E-state index < -0.39 is 0 Å². The van der Waals surface area contributed by atoms with Crippen molar-refractivity contribution in [3.8, 4) is 28.8 Å². The van der Waals surface area contributed by atoms with Crippen molar-refractivity contribution in [2.45, 2.75) is 12.1 Å². The number of anilines is 1. The van der Waals surface area contributed by atoms with E-state index in [1.165, 1.54) is 18.9 Å². The number of hydrogen-bond donors (Lipinski definition) is 1. The van der Waals surface area contributed by atoms with Crippen molar-refractivity contribution in [1.82, 2.24) is 14.8 Å². The van der Waals surface area contributed by atoms with Gasteiger partial charge in [0.2, 0.25) is 11.7 Å². The van der Waals surface area contributed by atoms with Gasteiger partial charge in [-0.1, -0.05) is 23.4 Å². The van der Waals surface area contributed by atoms with Crippen LogP contribution in [-0.4, -0.2) is 40.1 Å². The zero-order valence-corrected chi connectivity index (χ0v) is 19.5. The fraction of sp³-hybridized carbons (Fsp3) is 0.174. The first kappa shape index (κ1) is 22.8. The minimum atomic E-state index is -0.206. The van der Waals surface area contributed by atoms with Gasteiger partial charge in [-0.2, -0.15) is 0 Å². The quantitative estimate of drug-likeness (QED) is 0.321. The molecule has 8 nitrogen and oxygen atoms in total. The highest BCUT2D eigenvalue weighted by atomic mass is 35.5. The van der Waals surface area contributed by atoms with Crippen molar-refractivity contribution in [1.29, 1.82) is 0 Å². The van der Waals surface area contributed by atoms with Gasteiger partial charge in [0.05, 0.1) is 36.4 Å². The topological polar surface area (TPSA) is 91.4 Å². The van der Waals surface area contributed by atoms with Crippen LogP contribution in [-0.2, 0) is 4.79 Å². The largest absolute Gasteiger partial charge is 0.495 e. The summed E-state index contributed by atoms with van der Waals surface area (Å²) in [4.78, 5) is 12.6. The van der Waals surface area contributed by atoms with Gasteiger partial charge in [0.1, 0.15) is 11.5 Å². The molecule has 0 unspecified atom stereocenters. The highest BCUT2D eigenvalue weighted by Crippen LogP contribution is 2.30. The van der Waals surface area contributed by atoms with Crippen molar-refractivity contribution in [3.63, 3.8) is 0 Å². The van der Waals surface area contributed by atoms with E-state index in [1.54, 1.807) is 30.5 Å². The number of hydrogen-bond acceptors (Lipinski definition) is 7. The molecule has 33 heavy (non-hydrogen) atoms. The van der Waals surface area contributed by atoms with Crippen LogP contribution in [0.4, 0.5) is 5.69 Å². The van der Waals surface area contributed by atoms with Crippen molar-refractivity contribution in [3.05, 3.63) is 65.9 Å². The third-order valence-corrected chi connectivity index (χ3v) is 5.77. The second-order valence-electron chi connectivity index (χ2n) is 6.73. The molecule has 1 N–H and O–H groups in total. The van der Waals surface area contributed by atoms with Crippen LogP contribution in [0.1, 0.15) is 6.92 Å². The Morgan fingerprint density at radius 2 is 2.00 bits per heavy atom. The Bertz CT molecular complexity index is 1230. The van der Waals surface area contributed by atoms with Crippen molar-refractivity contribution in [2.75, 3.05) is 24.8 Å². The number of halogens is 1. The fourth-order valence-corrected chi connectivity index (χ4v) is 4.10. The number of nitrogens with one attached hydrogen (secondary N) is 1. The van der Waals surface area contributed by atoms with Crippen LogP contribution in [0, 0.1) is 0 Å². The third-order valence-electron chi connectivity index (χ3n) is 4.55. The molecule has 0 saturated heterocycles. The molecule has 4 rings (SSSR count). The number of furan rings is 1. The molecule has 0 bridgehead atoms. The van der Waals surface area contributed by atoms with Crippen LogP contribution in [0.25, 0.3) is 17.3 Å². The van der Waals surface area contributed by atoms with Crippen LogP contribution in [0.15, 0.2) is 70.4 Å². The van der Waals surface area contributed by atoms with Crippen LogP contribution >= 0.6 is 23.4 Å². The van der Waals surface area contributed by atoms with E-state index in [4.69, 9.17) is 25.5 Å². The van der Waals surface area contributed by atoms with Crippen LogP contribution in [0.5, 0.6) is 11.5 Å². The maximum absolute atomic E-state index is 12.6. The van der Waals surface area contributed by atoms with E-state index in [-0.39, 0.29) is 11.7 Å². The van der Waals surface area contributed by atoms with Crippen molar-refractivity contribution < 1.29 is 18.7 Å². The van der Waals surface area contributed by atoms with E-state index in [2.05, 4.69) is 15.5 Å². The SMILES string of the molecule is CCOc1ccc(-n2c(SCC(=O)Nc3ccc(OC)c(Cl)c3)nnc2-c2ccco2)cc1. The molecule has 0 aliphatic heterocycles. The van der Waals surface area contributed by atoms with Gasteiger partial charge in [0.15, 0.2) is 10.9 Å². The van der Waals surface area contributed by atoms with Crippen LogP contribution < -0.4 is 14.8 Å². The maximum atomic E-state index is 12.6. The number of carbonyl (C=O) groups excluding carboxylic acids is 1. The lowest BCUT2D eigenvalue weighted by atomic mass is 10.3. The minimum absolute atomic E-state index is 0.122. The fourth-order valence-electron chi connectivity index (χ4n) is 3.09. The number of thioether (sulfide) groups is 1. The van der Waals surface area contributed by atoms with Gasteiger partial charge in [-0.05, 0) is 61.5 Å². The van der Waals surface area contributed by atoms with Gasteiger partial charge in [-0.25, -0.2) is 0 Å². The Balaban J connectivity index is 1.54. The third kappa shape index (κ3) is 5.32. The normalized spacial score (nSPS) is 10.8. The highest BCUT2D eigenvalue weighted by molar-refractivity contribution is 7.99. The molecule has 4 aromatic rings. The summed E-state index contributed by atoms with van der Waals surface area (Å²) in [6, 6.07) is 16.2. The van der Waals surface area contributed by atoms with Crippen molar-refractivity contribution >= 4 is 35.0 Å². The second kappa shape index (κ2) is 10.5. The number of ether oxygens (including phenoxy) is 2. The van der Waals surface area contributed by atoms with Crippen LogP contribution in [0.3, 0.4) is 0 Å². The lowest BCUT2D eigenvalue weighted by molar-refractivity contribution is -0.113. The summed E-state index contributed by atoms with van der Waals surface area (Å²) >= 11 is 7.40. The molecule has 0 aliphatic carbocycles. The second-order valence-corrected chi connectivity index (χ2v) is 8.08. The Morgan fingerprint density at radius 3 is 2.67 bits per heavy atom. The number of aromatic nitrogens is 3. The standard InChI is InChI=1S/C23H21ClN4O4S/c1-3-31-17-9-7-16(8-10-17)28-22(20-5-4-12-32-20)26-27-23(28)33-14-21(29)25-15-6-11-19(30-2)18(24)13-15/h4-13H,3,14H2,1-2H3,(H,25,29). The molecule has 1 amide bonds. The zero-order chi connectivity index (χ0) is 23.2. The molecule has 2 heterocycles. The Morgan fingerprint density at radius 1 is 1.18 bits per heavy atom. The molecular formula is C23H21ClN4O4S. The molecular weight excluding hydrogens is 464 g/mol. The molecule has 0 saturated carbocycles. The summed E-state index contributed by atoms with van der Waals surface area (Å²) < 4.78 is 18.0. The lowest BCUT2D eigenvalue weighted by Crippen LogP contribution is -2.14. The maximum Gasteiger partial charge on any atom is 0.234 e. The monoisotopic (exact) mass is 484 g/mol. The van der Waals surface area contributed by atoms with Crippen LogP contribution in [0.2, 0.25) is 5.02 Å². The van der Waals surface area contributed by atoms with Gasteiger partial charge in [-0.15, -0.1) is 10.2 Å². The summed E-state index contributed by atoms with van der Waals surface area (Å²) in [6.45, 7) is 2.52. The van der Waals surface area contributed by atoms with E-state index in [1.807, 2.05) is 41.8 Å². The number of rotatable bonds is 9. The summed E-state index contributed by atoms with van der Waals surface area (Å²) in [5, 5.41) is 12.4. The van der Waals surface area contributed by atoms with Gasteiger partial charge < -0.3 is 19.2 Å². The number of amides is 1. The lowest BCUT2D eigenvalue weighted by Gasteiger charge is -2.11. The Labute approximate surface area is 199 Å². The summed E-state index contributed by atoms with van der Waals surface area (Å²) in [5.41, 5.74) is 1.40. The minimum Gasteiger partial charge on any atom is -0.495 e. The number of methoxy groups -OCH3 is 1. The van der Waals surface area contributed by atoms with Gasteiger partial charge in [0.25, 0.3) is 0 Å². The van der Waals surface area contributed by atoms with Gasteiger partial charge >= 0.3 is 0 Å². The van der Waals surface area contributed by atoms with E-state index in [0.717, 1.165) is 11.4 Å². The average molecular weight is 485 g/mol. The first-order valence-electron chi connectivity index (χ1n) is 10.1. The van der Waals surface area contributed by atoms with E-state index in [0.29, 0.717) is 39.8 Å². The number of carbonyl (C=O) groups is 1. The van der Waals surface area contributed by atoms with Gasteiger partial charge in [-0.3, -0.25) is 9.36 Å². The molecule has 0 radical (unpaired) electrons. The number of nitrogens with zero attached hydrogens (tertiary/aromatic N) is 3. The zero-order valence-electron chi connectivity index (χ0n) is 17.9. The molecule has 170 valence electrons. The molecule has 0 aliphatic rings. The summed E-state index contributed by atoms with van der Waals surface area (Å²) in [5.74, 6) is 2.33. The predicted octanol–water partition coefficient (Wildman–Crippen LogP) is 5.32. The first-order valence-corrected chi connectivity index (χ1v) is 11.4. The van der Waals surface area contributed by atoms with E-state index >= 15 is 0 Å². The summed E-state index contributed by atoms with van der Waals surface area (Å²) in [6.07, 6.45) is 1.58. The van der Waals surface area contributed by atoms with E-state index in [9.17, 15) is 4.79 Å². The first-order chi connectivity index (χ1) is 16.1. The molecule has 0 spiro atoms. The number of benzene rings is 2. The van der Waals surface area contributed by atoms with Gasteiger partial charge in [0, 0.05) is 5.69 Å². The molecule has 10 heteroatoms. The molecule has 0 atom stereocenters. The predicted molar refractivity (Wildman–Crippen MR) is 128 cm³/mol.